The Morgan fingerprint density at radius 2 is 1.00 bits per heavy atom. The predicted octanol–water partition coefficient (Wildman–Crippen LogP) is 8.83. The Bertz CT molecular complexity index is 2210. The maximum atomic E-state index is 14.4. The summed E-state index contributed by atoms with van der Waals surface area (Å²) < 4.78 is 71.1. The molecule has 1 aliphatic rings. The zero-order valence-electron chi connectivity index (χ0n) is 25.0. The van der Waals surface area contributed by atoms with Crippen molar-refractivity contribution in [1.82, 2.24) is 0 Å². The van der Waals surface area contributed by atoms with Crippen LogP contribution < -0.4 is 14.4 Å². The monoisotopic (exact) mass is 682 g/mol. The van der Waals surface area contributed by atoms with Crippen LogP contribution in [-0.2, 0) is 9.59 Å². The minimum absolute atomic E-state index is 0.280. The minimum Gasteiger partial charge on any atom is -0.498 e. The van der Waals surface area contributed by atoms with Gasteiger partial charge in [0.15, 0.2) is 35.7 Å². The van der Waals surface area contributed by atoms with E-state index in [1.165, 1.54) is 23.7 Å². The minimum atomic E-state index is -2.45. The third kappa shape index (κ3) is 5.41. The number of halogens is 5. The van der Waals surface area contributed by atoms with E-state index >= 15 is 0 Å². The van der Waals surface area contributed by atoms with Gasteiger partial charge in [0.25, 0.3) is 5.76 Å². The number of carbonyl (C=O) groups is 2. The SMILES string of the molecule is O=C1C(O)=C([n+]2ccc(-c3ccc(-c4ccc(N(c5ccccc5)c5ccccc5)cc4)s3)cc2)C(=O)N1c1c(F)c(F)c(F)c(F)c1F. The molecule has 1 N–H and O–H groups in total. The van der Waals surface area contributed by atoms with Crippen molar-refractivity contribution in [1.29, 1.82) is 0 Å². The van der Waals surface area contributed by atoms with Crippen molar-refractivity contribution < 1.29 is 41.2 Å². The van der Waals surface area contributed by atoms with Gasteiger partial charge in [-0.3, -0.25) is 9.59 Å². The quantitative estimate of drug-likeness (QED) is 0.0601. The van der Waals surface area contributed by atoms with Gasteiger partial charge < -0.3 is 10.0 Å². The summed E-state index contributed by atoms with van der Waals surface area (Å²) in [6.07, 6.45) is 2.65. The molecule has 4 aromatic carbocycles. The van der Waals surface area contributed by atoms with Crippen LogP contribution in [0.4, 0.5) is 44.7 Å². The number of carbonyl (C=O) groups excluding carboxylic acids is 2. The number of thiophene rings is 1. The molecule has 49 heavy (non-hydrogen) atoms. The molecule has 0 bridgehead atoms. The number of pyridine rings is 1. The molecule has 7 rings (SSSR count). The highest BCUT2D eigenvalue weighted by Crippen LogP contribution is 2.39. The molecule has 242 valence electrons. The Morgan fingerprint density at radius 1 is 0.551 bits per heavy atom. The van der Waals surface area contributed by atoms with Gasteiger partial charge in [-0.25, -0.2) is 26.9 Å². The van der Waals surface area contributed by atoms with Gasteiger partial charge in [-0.05, 0) is 54.1 Å². The molecule has 1 aliphatic heterocycles. The second kappa shape index (κ2) is 12.5. The molecule has 3 heterocycles. The van der Waals surface area contributed by atoms with Gasteiger partial charge in [-0.15, -0.1) is 11.3 Å². The zero-order valence-corrected chi connectivity index (χ0v) is 25.8. The van der Waals surface area contributed by atoms with Crippen LogP contribution in [0.3, 0.4) is 0 Å². The summed E-state index contributed by atoms with van der Waals surface area (Å²) in [6.45, 7) is 0. The highest BCUT2D eigenvalue weighted by atomic mass is 32.1. The number of aliphatic hydroxyl groups is 1. The lowest BCUT2D eigenvalue weighted by atomic mass is 10.1. The van der Waals surface area contributed by atoms with Crippen molar-refractivity contribution in [2.75, 3.05) is 9.80 Å². The number of amides is 2. The van der Waals surface area contributed by atoms with E-state index in [0.29, 0.717) is 5.56 Å². The van der Waals surface area contributed by atoms with Crippen LogP contribution in [0.25, 0.3) is 26.6 Å². The molecule has 0 fully saturated rings. The van der Waals surface area contributed by atoms with Gasteiger partial charge in [0.2, 0.25) is 5.82 Å². The average molecular weight is 683 g/mol. The Kier molecular flexibility index (Phi) is 8.01. The average Bonchev–Trinajstić information content (AvgIpc) is 3.71. The van der Waals surface area contributed by atoms with Crippen LogP contribution in [0.2, 0.25) is 0 Å². The lowest BCUT2D eigenvalue weighted by Crippen LogP contribution is -2.40. The summed E-state index contributed by atoms with van der Waals surface area (Å²) in [5.41, 5.74) is 2.17. The van der Waals surface area contributed by atoms with Gasteiger partial charge in [0.05, 0.1) is 0 Å². The van der Waals surface area contributed by atoms with Crippen molar-refractivity contribution in [3.8, 4) is 20.9 Å². The highest BCUT2D eigenvalue weighted by molar-refractivity contribution is 7.18. The zero-order chi connectivity index (χ0) is 34.4. The number of para-hydroxylation sites is 2. The fourth-order valence-electron chi connectivity index (χ4n) is 5.50. The summed E-state index contributed by atoms with van der Waals surface area (Å²) in [4.78, 5) is 29.4. The molecule has 0 radical (unpaired) electrons. The van der Waals surface area contributed by atoms with Crippen LogP contribution in [0.1, 0.15) is 0 Å². The van der Waals surface area contributed by atoms with Crippen molar-refractivity contribution in [2.45, 2.75) is 0 Å². The molecule has 12 heteroatoms. The van der Waals surface area contributed by atoms with Crippen LogP contribution in [0.5, 0.6) is 0 Å². The largest absolute Gasteiger partial charge is 0.498 e. The van der Waals surface area contributed by atoms with E-state index in [2.05, 4.69) is 4.90 Å². The topological polar surface area (TPSA) is 64.7 Å². The number of anilines is 4. The number of hydrogen-bond acceptors (Lipinski definition) is 5. The van der Waals surface area contributed by atoms with Crippen LogP contribution in [0, 0.1) is 29.1 Å². The number of imide groups is 1. The molecule has 0 saturated carbocycles. The fraction of sp³-hybridized carbons (Fsp3) is 0. The first kappa shape index (κ1) is 31.5. The number of aromatic nitrogens is 1. The van der Waals surface area contributed by atoms with Gasteiger partial charge >= 0.3 is 17.5 Å². The Hall–Kier alpha value is -6.14. The molecule has 0 atom stereocenters. The molecule has 0 spiro atoms. The van der Waals surface area contributed by atoms with Crippen molar-refractivity contribution in [3.63, 3.8) is 0 Å². The number of benzene rings is 4. The molecule has 2 aromatic heterocycles. The Labute approximate surface area is 279 Å². The smallest absolute Gasteiger partial charge is 0.335 e. The van der Waals surface area contributed by atoms with Crippen LogP contribution in [0.15, 0.2) is 127 Å². The summed E-state index contributed by atoms with van der Waals surface area (Å²) in [5, 5.41) is 10.4. The molecule has 0 aliphatic carbocycles. The summed E-state index contributed by atoms with van der Waals surface area (Å²) >= 11 is 1.49. The molecular formula is C37H21F5N3O3S+. The van der Waals surface area contributed by atoms with Crippen LogP contribution in [-0.4, -0.2) is 16.9 Å². The van der Waals surface area contributed by atoms with E-state index < -0.39 is 58.0 Å². The maximum Gasteiger partial charge on any atom is 0.335 e. The third-order valence-corrected chi connectivity index (χ3v) is 9.05. The van der Waals surface area contributed by atoms with E-state index in [-0.39, 0.29) is 4.90 Å². The molecular weight excluding hydrogens is 661 g/mol. The second-order valence-electron chi connectivity index (χ2n) is 10.8. The predicted molar refractivity (Wildman–Crippen MR) is 175 cm³/mol. The molecule has 2 amide bonds. The number of hydrogen-bond donors (Lipinski definition) is 1. The first-order valence-corrected chi connectivity index (χ1v) is 15.4. The third-order valence-electron chi connectivity index (χ3n) is 7.86. The highest BCUT2D eigenvalue weighted by Gasteiger charge is 2.49. The summed E-state index contributed by atoms with van der Waals surface area (Å²) in [5.74, 6) is -16.3. The van der Waals surface area contributed by atoms with E-state index in [1.54, 1.807) is 12.1 Å². The fourth-order valence-corrected chi connectivity index (χ4v) is 6.51. The van der Waals surface area contributed by atoms with E-state index in [1.807, 2.05) is 97.1 Å². The molecule has 0 saturated heterocycles. The Balaban J connectivity index is 1.13. The number of nitrogens with zero attached hydrogens (tertiary/aromatic N) is 3. The summed E-state index contributed by atoms with van der Waals surface area (Å²) in [7, 11) is 0. The molecule has 0 unspecified atom stereocenters. The van der Waals surface area contributed by atoms with Crippen molar-refractivity contribution in [2.24, 2.45) is 0 Å². The maximum absolute atomic E-state index is 14.4. The first-order chi connectivity index (χ1) is 23.7. The van der Waals surface area contributed by atoms with Crippen molar-refractivity contribution >= 4 is 51.6 Å². The van der Waals surface area contributed by atoms with Crippen LogP contribution >= 0.6 is 11.3 Å². The summed E-state index contributed by atoms with van der Waals surface area (Å²) in [6, 6.07) is 35.2. The molecule has 6 aromatic rings. The van der Waals surface area contributed by atoms with Gasteiger partial charge in [-0.2, -0.15) is 4.57 Å². The van der Waals surface area contributed by atoms with Crippen molar-refractivity contribution in [3.05, 3.63) is 156 Å². The van der Waals surface area contributed by atoms with Gasteiger partial charge in [0, 0.05) is 44.5 Å². The second-order valence-corrected chi connectivity index (χ2v) is 11.9. The first-order valence-electron chi connectivity index (χ1n) is 14.6. The van der Waals surface area contributed by atoms with Gasteiger partial charge in [0.1, 0.15) is 5.69 Å². The number of aliphatic hydroxyl groups excluding tert-OH is 1. The normalized spacial score (nSPS) is 13.0. The molecule has 6 nitrogen and oxygen atoms in total. The standard InChI is InChI=1S/C37H20F5N3O3S/c38-28-29(39)31(41)33(32(42)30(28)40)45-36(47)34(35(46)37(45)48)43-19-17-22(18-20-43)27-16-15-26(49-27)21-11-13-25(14-12-21)44(23-7-3-1-4-8-23)24-9-5-2-6-10-24/h1-20H/p+1. The lowest BCUT2D eigenvalue weighted by molar-refractivity contribution is -0.578. The number of rotatable bonds is 7. The van der Waals surface area contributed by atoms with Gasteiger partial charge in [-0.1, -0.05) is 48.5 Å². The Morgan fingerprint density at radius 3 is 1.51 bits per heavy atom. The lowest BCUT2D eigenvalue weighted by Gasteiger charge is -2.25. The van der Waals surface area contributed by atoms with E-state index in [9.17, 15) is 36.6 Å². The van der Waals surface area contributed by atoms with E-state index in [4.69, 9.17) is 0 Å². The van der Waals surface area contributed by atoms with E-state index in [0.717, 1.165) is 36.9 Å².